The molecule has 1 aliphatic rings. The summed E-state index contributed by atoms with van der Waals surface area (Å²) in [7, 11) is 0. The smallest absolute Gasteiger partial charge is 0.380 e. The Morgan fingerprint density at radius 3 is 2.00 bits per heavy atom. The molecular weight excluding hydrogens is 590 g/mol. The van der Waals surface area contributed by atoms with E-state index in [-0.39, 0.29) is 23.0 Å². The van der Waals surface area contributed by atoms with Gasteiger partial charge in [0, 0.05) is 10.4 Å². The van der Waals surface area contributed by atoms with Crippen LogP contribution in [0.2, 0.25) is 0 Å². The second-order valence-corrected chi connectivity index (χ2v) is 10.4. The third-order valence-corrected chi connectivity index (χ3v) is 7.63. The molecule has 0 bridgehead atoms. The molecular formula is C33H26BrFeN3O. The van der Waals surface area contributed by atoms with Crippen LogP contribution in [0.3, 0.4) is 0 Å². The molecule has 7 rings (SSSR count). The Morgan fingerprint density at radius 2 is 1.44 bits per heavy atom. The van der Waals surface area contributed by atoms with Crippen LogP contribution < -0.4 is 0 Å². The quantitative estimate of drug-likeness (QED) is 0.164. The number of hydrogen-bond donors (Lipinski definition) is 1. The summed E-state index contributed by atoms with van der Waals surface area (Å²) in [6.07, 6.45) is 1.87. The van der Waals surface area contributed by atoms with Crippen LogP contribution in [0, 0.1) is 0 Å². The van der Waals surface area contributed by atoms with Crippen molar-refractivity contribution in [2.45, 2.75) is 18.1 Å². The minimum atomic E-state index is -1.36. The van der Waals surface area contributed by atoms with Crippen molar-refractivity contribution in [3.05, 3.63) is 166 Å². The first kappa shape index (κ1) is 27.0. The predicted molar refractivity (Wildman–Crippen MR) is 154 cm³/mol. The summed E-state index contributed by atoms with van der Waals surface area (Å²) in [4.78, 5) is 0. The predicted octanol–water partition coefficient (Wildman–Crippen LogP) is 7.26. The maximum absolute atomic E-state index is 12.5. The Morgan fingerprint density at radius 1 is 0.795 bits per heavy atom. The first-order valence-electron chi connectivity index (χ1n) is 12.6. The Balaban J connectivity index is 0.000000464. The fraction of sp³-hybridized carbons (Fsp3) is 0.0909. The first-order chi connectivity index (χ1) is 18.6. The van der Waals surface area contributed by atoms with Crippen LogP contribution in [0.5, 0.6) is 0 Å². The molecule has 1 aliphatic carbocycles. The van der Waals surface area contributed by atoms with Crippen molar-refractivity contribution in [1.29, 1.82) is 0 Å². The third kappa shape index (κ3) is 5.21. The number of hydrogen-bond acceptors (Lipinski definition) is 3. The van der Waals surface area contributed by atoms with Gasteiger partial charge >= 0.3 is 17.1 Å². The molecule has 0 aliphatic heterocycles. The molecule has 1 heterocycles. The average molecular weight is 616 g/mol. The van der Waals surface area contributed by atoms with Gasteiger partial charge in [0.1, 0.15) is 11.3 Å². The van der Waals surface area contributed by atoms with E-state index >= 15 is 0 Å². The zero-order chi connectivity index (χ0) is 26.0. The largest absolute Gasteiger partial charge is 2.00 e. The van der Waals surface area contributed by atoms with Gasteiger partial charge in [-0.15, -0.1) is 10.7 Å². The molecule has 1 N–H and O–H groups in total. The summed E-state index contributed by atoms with van der Waals surface area (Å²) in [5, 5.41) is 21.4. The summed E-state index contributed by atoms with van der Waals surface area (Å²) >= 11 is 3.48. The van der Waals surface area contributed by atoms with Crippen LogP contribution in [-0.4, -0.2) is 20.1 Å². The summed E-state index contributed by atoms with van der Waals surface area (Å²) in [6, 6.07) is 42.6. The van der Waals surface area contributed by atoms with Crippen LogP contribution in [0.15, 0.2) is 138 Å². The van der Waals surface area contributed by atoms with E-state index < -0.39 is 5.60 Å². The van der Waals surface area contributed by atoms with E-state index in [1.807, 2.05) is 97.2 Å². The van der Waals surface area contributed by atoms with Crippen LogP contribution in [0.1, 0.15) is 33.9 Å². The number of aliphatic hydroxyl groups is 1. The molecule has 0 amide bonds. The molecule has 6 aromatic rings. The number of aromatic nitrogens is 3. The Kier molecular flexibility index (Phi) is 8.10. The van der Waals surface area contributed by atoms with Crippen LogP contribution in [0.4, 0.5) is 0 Å². The van der Waals surface area contributed by atoms with E-state index in [4.69, 9.17) is 0 Å². The SMILES string of the molecule is OC(c1ccc[cH-]1)(c1cn(Cc2ccc(Br)cc2)nn1)C1c2ccccc2-c2ccccc21.[Fe+2].c1cc[cH-]c1. The van der Waals surface area contributed by atoms with Gasteiger partial charge in [-0.05, 0) is 39.9 Å². The number of benzene rings is 3. The van der Waals surface area contributed by atoms with Crippen LogP contribution >= 0.6 is 15.9 Å². The van der Waals surface area contributed by atoms with E-state index in [1.165, 1.54) is 0 Å². The average Bonchev–Trinajstić information content (AvgIpc) is 3.77. The van der Waals surface area contributed by atoms with Gasteiger partial charge in [0.2, 0.25) is 0 Å². The molecule has 39 heavy (non-hydrogen) atoms. The van der Waals surface area contributed by atoms with Crippen molar-refractivity contribution in [3.63, 3.8) is 0 Å². The van der Waals surface area contributed by atoms with Crippen molar-refractivity contribution in [2.75, 3.05) is 0 Å². The van der Waals surface area contributed by atoms with Gasteiger partial charge in [0.05, 0.1) is 12.7 Å². The molecule has 0 radical (unpaired) electrons. The Labute approximate surface area is 247 Å². The minimum Gasteiger partial charge on any atom is -0.380 e. The molecule has 194 valence electrons. The monoisotopic (exact) mass is 615 g/mol. The number of halogens is 1. The van der Waals surface area contributed by atoms with Crippen LogP contribution in [-0.2, 0) is 29.2 Å². The maximum Gasteiger partial charge on any atom is 2.00 e. The maximum atomic E-state index is 12.5. The van der Waals surface area contributed by atoms with Gasteiger partial charge in [-0.25, -0.2) is 28.9 Å². The van der Waals surface area contributed by atoms with Gasteiger partial charge in [0.15, 0.2) is 0 Å². The number of fused-ring (bicyclic) bond motifs is 3. The van der Waals surface area contributed by atoms with Crippen molar-refractivity contribution >= 4 is 15.9 Å². The van der Waals surface area contributed by atoms with Crippen molar-refractivity contribution in [2.24, 2.45) is 0 Å². The van der Waals surface area contributed by atoms with Gasteiger partial charge in [-0.1, -0.05) is 81.8 Å². The van der Waals surface area contributed by atoms with E-state index in [0.717, 1.165) is 37.9 Å². The van der Waals surface area contributed by atoms with Gasteiger partial charge in [-0.2, -0.15) is 30.3 Å². The third-order valence-electron chi connectivity index (χ3n) is 7.10. The topological polar surface area (TPSA) is 50.9 Å². The van der Waals surface area contributed by atoms with Gasteiger partial charge in [0.25, 0.3) is 0 Å². The second-order valence-electron chi connectivity index (χ2n) is 9.44. The Hall–Kier alpha value is -3.54. The number of nitrogens with zero attached hydrogens (tertiary/aromatic N) is 3. The van der Waals surface area contributed by atoms with E-state index in [0.29, 0.717) is 12.2 Å². The second kappa shape index (κ2) is 11.7. The summed E-state index contributed by atoms with van der Waals surface area (Å²) < 4.78 is 2.83. The zero-order valence-corrected chi connectivity index (χ0v) is 23.7. The molecule has 0 saturated carbocycles. The van der Waals surface area contributed by atoms with Crippen molar-refractivity contribution in [3.8, 4) is 11.1 Å². The van der Waals surface area contributed by atoms with Crippen molar-refractivity contribution < 1.29 is 22.2 Å². The van der Waals surface area contributed by atoms with Crippen LogP contribution in [0.25, 0.3) is 11.1 Å². The molecule has 1 atom stereocenters. The molecule has 1 unspecified atom stereocenters. The van der Waals surface area contributed by atoms with Gasteiger partial charge in [-0.3, -0.25) is 0 Å². The molecule has 6 heteroatoms. The summed E-state index contributed by atoms with van der Waals surface area (Å²) in [5.41, 5.74) is 5.63. The molecule has 5 aromatic carbocycles. The summed E-state index contributed by atoms with van der Waals surface area (Å²) in [5.74, 6) is -0.287. The molecule has 0 saturated heterocycles. The fourth-order valence-electron chi connectivity index (χ4n) is 5.34. The molecule has 4 nitrogen and oxygen atoms in total. The standard InChI is InChI=1S/C28H21BrN3O.C5H5.Fe/c29-21-15-13-19(14-16-21)17-32-18-26(30-31-32)28(33,20-7-1-2-8-20)27-24-11-5-3-9-22(24)23-10-4-6-12-25(23)27;1-2-4-5-3-1;/h1-16,18,27,33H,17H2;1-5H;/q2*-1;+2. The molecule has 0 spiro atoms. The molecule has 0 fully saturated rings. The fourth-order valence-corrected chi connectivity index (χ4v) is 5.61. The Bertz CT molecular complexity index is 1560. The van der Waals surface area contributed by atoms with Crippen molar-refractivity contribution in [1.82, 2.24) is 15.0 Å². The molecule has 1 aromatic heterocycles. The number of rotatable bonds is 5. The summed E-state index contributed by atoms with van der Waals surface area (Å²) in [6.45, 7) is 0.579. The van der Waals surface area contributed by atoms with Gasteiger partial charge < -0.3 is 5.11 Å². The van der Waals surface area contributed by atoms with E-state index in [2.05, 4.69) is 62.6 Å². The van der Waals surface area contributed by atoms with E-state index in [9.17, 15) is 5.11 Å². The zero-order valence-electron chi connectivity index (χ0n) is 21.0. The normalized spacial score (nSPS) is 13.4. The minimum absolute atomic E-state index is 0. The first-order valence-corrected chi connectivity index (χ1v) is 13.4. The van der Waals surface area contributed by atoms with E-state index in [1.54, 1.807) is 4.68 Å².